The Morgan fingerprint density at radius 3 is 1.42 bits per heavy atom. The normalized spacial score (nSPS) is 19.2. The molecule has 328 valence electrons. The van der Waals surface area contributed by atoms with E-state index < -0.39 is 134 Å². The minimum atomic E-state index is -9.11. The zero-order valence-electron chi connectivity index (χ0n) is 27.3. The van der Waals surface area contributed by atoms with Gasteiger partial charge in [-0.25, -0.2) is 17.6 Å². The van der Waals surface area contributed by atoms with Gasteiger partial charge in [-0.15, -0.1) is 0 Å². The molecule has 0 fully saturated rings. The number of allylic oxidation sites excluding steroid dienone is 2. The van der Waals surface area contributed by atoms with E-state index in [4.69, 9.17) is 0 Å². The van der Waals surface area contributed by atoms with Gasteiger partial charge in [-0.05, 0) is 6.07 Å². The van der Waals surface area contributed by atoms with Crippen LogP contribution in [-0.4, -0.2) is 82.1 Å². The maximum Gasteiger partial charge on any atom is 0.385 e. The highest BCUT2D eigenvalue weighted by molar-refractivity contribution is 6.01. The summed E-state index contributed by atoms with van der Waals surface area (Å²) in [6.45, 7) is -7.87. The lowest BCUT2D eigenvalue weighted by Crippen LogP contribution is -2.75. The molecule has 0 N–H and O–H groups in total. The number of nitro groups is 2. The van der Waals surface area contributed by atoms with Crippen LogP contribution < -0.4 is 4.74 Å². The first kappa shape index (κ1) is 48.1. The van der Waals surface area contributed by atoms with Crippen LogP contribution in [0.4, 0.5) is 104 Å². The van der Waals surface area contributed by atoms with E-state index >= 15 is 0 Å². The molecule has 1 aliphatic carbocycles. The number of nitro benzene ring substituents is 2. The third-order valence-corrected chi connectivity index (χ3v) is 7.91. The average Bonchev–Trinajstić information content (AvgIpc) is 3.14. The van der Waals surface area contributed by atoms with Gasteiger partial charge in [0.25, 0.3) is 5.69 Å². The smallest absolute Gasteiger partial charge is 0.385 e. The summed E-state index contributed by atoms with van der Waals surface area (Å²) in [6, 6.07) is 4.49. The number of Topliss-reactive ketones (excluding diaryl/α,β-unsaturated/α-hetero) is 1. The first-order chi connectivity index (χ1) is 26.4. The number of nitrogens with zero attached hydrogens (tertiary/aromatic N) is 2. The zero-order chi connectivity index (χ0) is 45.9. The summed E-state index contributed by atoms with van der Waals surface area (Å²) in [5, 5.41) is 21.7. The molecule has 0 amide bonds. The average molecular weight is 900 g/mol. The van der Waals surface area contributed by atoms with Crippen molar-refractivity contribution >= 4 is 17.2 Å². The second kappa shape index (κ2) is 15.1. The highest BCUT2D eigenvalue weighted by atomic mass is 19.4. The maximum absolute atomic E-state index is 15.0. The summed E-state index contributed by atoms with van der Waals surface area (Å²) < 4.78 is 309. The Hall–Kier alpha value is -5.32. The number of benzene rings is 2. The maximum atomic E-state index is 15.0. The number of carbonyl (C=O) groups excluding carboxylic acids is 1. The fourth-order valence-electron chi connectivity index (χ4n) is 4.57. The summed E-state index contributed by atoms with van der Waals surface area (Å²) in [5.74, 6) is -94.2. The van der Waals surface area contributed by atoms with E-state index in [1.807, 2.05) is 0 Å². The molecule has 2 aromatic carbocycles. The van der Waals surface area contributed by atoms with Crippen molar-refractivity contribution in [3.63, 3.8) is 0 Å². The third kappa shape index (κ3) is 7.35. The quantitative estimate of drug-likeness (QED) is 0.0671. The van der Waals surface area contributed by atoms with Crippen LogP contribution in [-0.2, 0) is 4.74 Å². The predicted octanol–water partition coefficient (Wildman–Crippen LogP) is 10.5. The molecule has 2 aromatic rings. The molecule has 0 bridgehead atoms. The number of ketones is 1. The number of alkyl halides is 17. The summed E-state index contributed by atoms with van der Waals surface area (Å²) in [5.41, 5.74) is -3.87. The first-order valence-electron chi connectivity index (χ1n) is 14.6. The molecule has 0 saturated carbocycles. The van der Waals surface area contributed by atoms with E-state index in [0.717, 1.165) is 30.3 Å². The molecule has 0 unspecified atom stereocenters. The summed E-state index contributed by atoms with van der Waals surface area (Å²) in [4.78, 5) is 30.9. The molecule has 30 heteroatoms. The second-order valence-corrected chi connectivity index (χ2v) is 11.7. The number of carbonyl (C=O) groups is 1. The molecule has 0 saturated heterocycles. The van der Waals surface area contributed by atoms with Gasteiger partial charge in [0.15, 0.2) is 29.8 Å². The molecule has 0 aromatic heterocycles. The summed E-state index contributed by atoms with van der Waals surface area (Å²) >= 11 is 0. The van der Waals surface area contributed by atoms with E-state index in [1.165, 1.54) is 0 Å². The highest BCUT2D eigenvalue weighted by Gasteiger charge is 2.95. The minimum Gasteiger partial charge on any atom is -0.480 e. The van der Waals surface area contributed by atoms with Crippen molar-refractivity contribution in [1.82, 2.24) is 0 Å². The number of hydrogen-bond acceptors (Lipinski definition) is 7. The van der Waals surface area contributed by atoms with E-state index in [0.29, 0.717) is 0 Å². The standard InChI is InChI=1S/C29H13F21N2O7/c30-16-15(18(53)11-4-2-1-3-5-11)17(31)20(33)23(38,19(16)32)59-10-22(36,37)25(41,42)27(45,46)29(49,50)28(47,48)26(43,44)24(39,40)21(34,35)9-58-14-7-6-12(51(54)55)8-13(14)52(56)57/h1-8,15H,9-10H2. The van der Waals surface area contributed by atoms with E-state index in [9.17, 15) is 117 Å². The molecular formula is C29H13F21N2O7. The summed E-state index contributed by atoms with van der Waals surface area (Å²) in [6.07, 6.45) is 0. The van der Waals surface area contributed by atoms with Crippen molar-refractivity contribution in [2.75, 3.05) is 13.2 Å². The number of hydrogen-bond donors (Lipinski definition) is 0. The Morgan fingerprint density at radius 1 is 0.610 bits per heavy atom. The Labute approximate surface area is 309 Å². The molecule has 0 aliphatic heterocycles. The molecule has 0 atom stereocenters. The van der Waals surface area contributed by atoms with Gasteiger partial charge in [0.2, 0.25) is 11.7 Å². The van der Waals surface area contributed by atoms with Gasteiger partial charge in [0, 0.05) is 11.6 Å². The van der Waals surface area contributed by atoms with Gasteiger partial charge >= 0.3 is 58.9 Å². The zero-order valence-corrected chi connectivity index (χ0v) is 27.3. The van der Waals surface area contributed by atoms with Crippen LogP contribution >= 0.6 is 0 Å². The first-order valence-corrected chi connectivity index (χ1v) is 14.6. The van der Waals surface area contributed by atoms with Crippen molar-refractivity contribution < 1.29 is 116 Å². The van der Waals surface area contributed by atoms with Crippen LogP contribution in [0.25, 0.3) is 0 Å². The minimum absolute atomic E-state index is 0.0665. The van der Waals surface area contributed by atoms with Crippen LogP contribution in [0.5, 0.6) is 5.75 Å². The van der Waals surface area contributed by atoms with Crippen LogP contribution in [0, 0.1) is 26.1 Å². The van der Waals surface area contributed by atoms with E-state index in [1.54, 1.807) is 0 Å². The lowest BCUT2D eigenvalue weighted by molar-refractivity contribution is -0.455. The van der Waals surface area contributed by atoms with Gasteiger partial charge < -0.3 is 9.47 Å². The highest BCUT2D eigenvalue weighted by Crippen LogP contribution is 2.64. The molecule has 1 aliphatic rings. The van der Waals surface area contributed by atoms with E-state index in [-0.39, 0.29) is 18.2 Å². The molecule has 9 nitrogen and oxygen atoms in total. The Kier molecular flexibility index (Phi) is 12.3. The Bertz CT molecular complexity index is 2030. The fourth-order valence-corrected chi connectivity index (χ4v) is 4.57. The lowest BCUT2D eigenvalue weighted by Gasteiger charge is -2.43. The van der Waals surface area contributed by atoms with Crippen molar-refractivity contribution in [3.05, 3.63) is 97.6 Å². The third-order valence-electron chi connectivity index (χ3n) is 7.91. The van der Waals surface area contributed by atoms with E-state index in [2.05, 4.69) is 9.47 Å². The van der Waals surface area contributed by atoms with Crippen molar-refractivity contribution in [2.24, 2.45) is 5.92 Å². The fraction of sp³-hybridized carbons (Fsp3) is 0.414. The Balaban J connectivity index is 1.96. The van der Waals surface area contributed by atoms with Crippen LogP contribution in [0.1, 0.15) is 10.4 Å². The van der Waals surface area contributed by atoms with Crippen LogP contribution in [0.3, 0.4) is 0 Å². The Morgan fingerprint density at radius 2 is 1.02 bits per heavy atom. The lowest BCUT2D eigenvalue weighted by atomic mass is 9.87. The molecule has 59 heavy (non-hydrogen) atoms. The van der Waals surface area contributed by atoms with Gasteiger partial charge in [0.1, 0.15) is 12.5 Å². The van der Waals surface area contributed by atoms with Crippen molar-refractivity contribution in [1.29, 1.82) is 0 Å². The predicted molar refractivity (Wildman–Crippen MR) is 147 cm³/mol. The number of rotatable bonds is 17. The molecule has 0 radical (unpaired) electrons. The van der Waals surface area contributed by atoms with Crippen LogP contribution in [0.2, 0.25) is 0 Å². The molecule has 0 spiro atoms. The largest absolute Gasteiger partial charge is 0.480 e. The number of halogens is 21. The van der Waals surface area contributed by atoms with Crippen molar-refractivity contribution in [3.8, 4) is 5.75 Å². The number of ether oxygens (including phenoxy) is 2. The summed E-state index contributed by atoms with van der Waals surface area (Å²) in [7, 11) is 0. The monoisotopic (exact) mass is 900 g/mol. The van der Waals surface area contributed by atoms with Gasteiger partial charge in [0.05, 0.1) is 15.9 Å². The SMILES string of the molecule is O=C(c1ccccc1)C1C(F)=C(F)C(F)(OCC(F)(F)C(F)(F)C(F)(F)C(F)(F)C(F)(F)C(F)(F)C(F)(F)C(F)(F)COc2ccc([N+](=O)[O-])cc2[N+](=O)[O-])C(F)=C1F. The molecular weight excluding hydrogens is 887 g/mol. The van der Waals surface area contributed by atoms with Crippen molar-refractivity contribution in [2.45, 2.75) is 53.2 Å². The van der Waals surface area contributed by atoms with Gasteiger partial charge in [-0.2, -0.15) is 74.6 Å². The van der Waals surface area contributed by atoms with Crippen LogP contribution in [0.15, 0.2) is 71.8 Å². The van der Waals surface area contributed by atoms with Gasteiger partial charge in [-0.1, -0.05) is 30.3 Å². The van der Waals surface area contributed by atoms with Gasteiger partial charge in [-0.3, -0.25) is 25.0 Å². The molecule has 0 heterocycles. The topological polar surface area (TPSA) is 122 Å². The second-order valence-electron chi connectivity index (χ2n) is 11.7. The number of non-ortho nitro benzene ring substituents is 1. The molecule has 3 rings (SSSR count).